The summed E-state index contributed by atoms with van der Waals surface area (Å²) in [5, 5.41) is 0. The summed E-state index contributed by atoms with van der Waals surface area (Å²) in [7, 11) is 0.349. The van der Waals surface area contributed by atoms with E-state index in [1.165, 1.54) is 49.3 Å². The van der Waals surface area contributed by atoms with E-state index in [0.717, 1.165) is 0 Å². The Morgan fingerprint density at radius 3 is 0.520 bits per heavy atom. The SMILES string of the molecule is CC[PH+](CC)CC[PH+](CC)CC.CC[PH+](CC)CC[PH+](CC)CC.[Ni]. The Balaban J connectivity index is -0.000000372. The molecule has 0 radical (unpaired) electrons. The standard InChI is InChI=1S/2C10H24P2.Ni/c2*1-5-11(6-2)9-10-12(7-3)8-4;/h2*5-10H2,1-4H3;/p+4. The van der Waals surface area contributed by atoms with Gasteiger partial charge in [-0.05, 0) is 55.4 Å². The van der Waals surface area contributed by atoms with E-state index in [-0.39, 0.29) is 48.2 Å². The van der Waals surface area contributed by atoms with Crippen LogP contribution < -0.4 is 0 Å². The summed E-state index contributed by atoms with van der Waals surface area (Å²) in [5.41, 5.74) is 0. The van der Waals surface area contributed by atoms with E-state index in [4.69, 9.17) is 0 Å². The van der Waals surface area contributed by atoms with Gasteiger partial charge >= 0.3 is 0 Å². The Labute approximate surface area is 177 Å². The van der Waals surface area contributed by atoms with Crippen LogP contribution in [-0.2, 0) is 16.5 Å². The Morgan fingerprint density at radius 2 is 0.440 bits per heavy atom. The van der Waals surface area contributed by atoms with Crippen molar-refractivity contribution in [2.24, 2.45) is 0 Å². The first kappa shape index (κ1) is 31.9. The average molecular weight is 475 g/mol. The summed E-state index contributed by atoms with van der Waals surface area (Å²) in [6, 6.07) is 0. The van der Waals surface area contributed by atoms with Crippen molar-refractivity contribution in [1.29, 1.82) is 0 Å². The van der Waals surface area contributed by atoms with Gasteiger partial charge in [-0.15, -0.1) is 0 Å². The molecule has 0 saturated carbocycles. The van der Waals surface area contributed by atoms with Gasteiger partial charge in [-0.1, -0.05) is 0 Å². The molecule has 0 aliphatic heterocycles. The Kier molecular flexibility index (Phi) is 30.9. The summed E-state index contributed by atoms with van der Waals surface area (Å²) in [6.45, 7) is 19.0. The smallest absolute Gasteiger partial charge is 0.0313 e. The second kappa shape index (κ2) is 24.3. The Bertz CT molecular complexity index is 178. The molecule has 0 heterocycles. The molecule has 158 valence electrons. The van der Waals surface area contributed by atoms with Crippen LogP contribution in [0.5, 0.6) is 0 Å². The predicted molar refractivity (Wildman–Crippen MR) is 137 cm³/mol. The fourth-order valence-electron chi connectivity index (χ4n) is 3.12. The van der Waals surface area contributed by atoms with Crippen LogP contribution in [-0.4, -0.2) is 73.9 Å². The van der Waals surface area contributed by atoms with Gasteiger partial charge in [0, 0.05) is 48.2 Å². The fourth-order valence-corrected chi connectivity index (χ4v) is 13.6. The number of hydrogen-bond acceptors (Lipinski definition) is 0. The Hall–Kier alpha value is 2.21. The van der Waals surface area contributed by atoms with E-state index in [2.05, 4.69) is 55.4 Å². The maximum absolute atomic E-state index is 2.38. The molecule has 5 heteroatoms. The molecular weight excluding hydrogens is 423 g/mol. The van der Waals surface area contributed by atoms with Crippen molar-refractivity contribution >= 4 is 31.7 Å². The summed E-state index contributed by atoms with van der Waals surface area (Å²) in [5.74, 6) is 0. The molecule has 0 bridgehead atoms. The quantitative estimate of drug-likeness (QED) is 0.188. The molecule has 0 aromatic heterocycles. The number of hydrogen-bond donors (Lipinski definition) is 0. The molecule has 0 N–H and O–H groups in total. The van der Waals surface area contributed by atoms with E-state index in [1.807, 2.05) is 0 Å². The molecule has 0 aromatic rings. The molecule has 0 fully saturated rings. The maximum Gasteiger partial charge on any atom is 0.0904 e. The fraction of sp³-hybridized carbons (Fsp3) is 1.00. The molecule has 0 saturated heterocycles. The molecular formula is C20H52NiP4+4. The first-order valence-corrected chi connectivity index (χ1v) is 19.4. The minimum Gasteiger partial charge on any atom is -0.0313 e. The van der Waals surface area contributed by atoms with Gasteiger partial charge in [0.25, 0.3) is 0 Å². The normalized spacial score (nSPS) is 11.0. The minimum absolute atomic E-state index is 0. The van der Waals surface area contributed by atoms with Crippen LogP contribution in [0.25, 0.3) is 0 Å². The molecule has 0 aliphatic rings. The third-order valence-corrected chi connectivity index (χ3v) is 18.5. The van der Waals surface area contributed by atoms with Crippen molar-refractivity contribution < 1.29 is 16.5 Å². The molecule has 0 rings (SSSR count). The van der Waals surface area contributed by atoms with Gasteiger partial charge in [-0.2, -0.15) is 0 Å². The largest absolute Gasteiger partial charge is 0.0904 e. The van der Waals surface area contributed by atoms with Crippen molar-refractivity contribution in [1.82, 2.24) is 0 Å². The van der Waals surface area contributed by atoms with E-state index in [0.29, 0.717) is 0 Å². The van der Waals surface area contributed by atoms with Crippen LogP contribution in [0.15, 0.2) is 0 Å². The van der Waals surface area contributed by atoms with Crippen LogP contribution in [0.4, 0.5) is 0 Å². The molecule has 0 amide bonds. The van der Waals surface area contributed by atoms with Crippen LogP contribution in [0, 0.1) is 0 Å². The van der Waals surface area contributed by atoms with Gasteiger partial charge in [-0.3, -0.25) is 0 Å². The molecule has 0 aromatic carbocycles. The zero-order valence-electron chi connectivity index (χ0n) is 18.8. The first-order valence-electron chi connectivity index (χ1n) is 10.9. The van der Waals surface area contributed by atoms with E-state index >= 15 is 0 Å². The van der Waals surface area contributed by atoms with Crippen molar-refractivity contribution in [3.05, 3.63) is 0 Å². The van der Waals surface area contributed by atoms with Crippen molar-refractivity contribution in [3.8, 4) is 0 Å². The topological polar surface area (TPSA) is 0 Å². The average Bonchev–Trinajstić information content (AvgIpc) is 2.63. The maximum atomic E-state index is 2.38. The molecule has 0 unspecified atom stereocenters. The predicted octanol–water partition coefficient (Wildman–Crippen LogP) is 6.99. The van der Waals surface area contributed by atoms with Gasteiger partial charge in [0.1, 0.15) is 0 Å². The van der Waals surface area contributed by atoms with Crippen LogP contribution in [0.1, 0.15) is 55.4 Å². The van der Waals surface area contributed by atoms with Gasteiger partial charge in [0.2, 0.25) is 0 Å². The third-order valence-electron chi connectivity index (χ3n) is 5.66. The van der Waals surface area contributed by atoms with Gasteiger partial charge < -0.3 is 0 Å². The third kappa shape index (κ3) is 19.3. The van der Waals surface area contributed by atoms with Gasteiger partial charge in [0.15, 0.2) is 0 Å². The summed E-state index contributed by atoms with van der Waals surface area (Å²) in [6.07, 6.45) is 18.3. The van der Waals surface area contributed by atoms with Crippen LogP contribution in [0.3, 0.4) is 0 Å². The molecule has 0 atom stereocenters. The summed E-state index contributed by atoms with van der Waals surface area (Å²) < 4.78 is 0. The Morgan fingerprint density at radius 1 is 0.320 bits per heavy atom. The summed E-state index contributed by atoms with van der Waals surface area (Å²) in [4.78, 5) is 0. The monoisotopic (exact) mass is 474 g/mol. The zero-order chi connectivity index (χ0) is 18.8. The summed E-state index contributed by atoms with van der Waals surface area (Å²) >= 11 is 0. The molecule has 0 nitrogen and oxygen atoms in total. The number of rotatable bonds is 14. The first-order chi connectivity index (χ1) is 11.6. The second-order valence-corrected chi connectivity index (χ2v) is 20.5. The van der Waals surface area contributed by atoms with E-state index in [1.54, 1.807) is 24.6 Å². The van der Waals surface area contributed by atoms with Crippen molar-refractivity contribution in [2.75, 3.05) is 73.9 Å². The van der Waals surface area contributed by atoms with E-state index in [9.17, 15) is 0 Å². The molecule has 0 aliphatic carbocycles. The second-order valence-electron chi connectivity index (χ2n) is 6.83. The van der Waals surface area contributed by atoms with Crippen molar-refractivity contribution in [3.63, 3.8) is 0 Å². The molecule has 0 spiro atoms. The van der Waals surface area contributed by atoms with Crippen molar-refractivity contribution in [2.45, 2.75) is 55.4 Å². The van der Waals surface area contributed by atoms with Gasteiger partial charge in [0.05, 0.1) is 73.9 Å². The van der Waals surface area contributed by atoms with Crippen LogP contribution >= 0.6 is 31.7 Å². The minimum atomic E-state index is 0. The zero-order valence-corrected chi connectivity index (χ0v) is 23.8. The molecule has 25 heavy (non-hydrogen) atoms. The van der Waals surface area contributed by atoms with E-state index < -0.39 is 0 Å². The van der Waals surface area contributed by atoms with Gasteiger partial charge in [-0.25, -0.2) is 0 Å². The van der Waals surface area contributed by atoms with Crippen LogP contribution in [0.2, 0.25) is 0 Å².